The van der Waals surface area contributed by atoms with Gasteiger partial charge in [-0.2, -0.15) is 0 Å². The van der Waals surface area contributed by atoms with E-state index in [2.05, 4.69) is 15.6 Å². The van der Waals surface area contributed by atoms with Crippen LogP contribution in [-0.2, 0) is 4.79 Å². The molecule has 0 fully saturated rings. The van der Waals surface area contributed by atoms with Crippen LogP contribution in [0.25, 0.3) is 0 Å². The molecule has 1 aliphatic rings. The fourth-order valence-electron chi connectivity index (χ4n) is 1.83. The van der Waals surface area contributed by atoms with Crippen LogP contribution in [-0.4, -0.2) is 24.1 Å². The summed E-state index contributed by atoms with van der Waals surface area (Å²) in [6.45, 7) is 2.42. The summed E-state index contributed by atoms with van der Waals surface area (Å²) in [5.74, 6) is 0. The van der Waals surface area contributed by atoms with Crippen molar-refractivity contribution in [1.82, 2.24) is 5.32 Å². The molecule has 0 saturated carbocycles. The van der Waals surface area contributed by atoms with Gasteiger partial charge in [-0.3, -0.25) is 10.1 Å². The molecule has 0 bridgehead atoms. The predicted molar refractivity (Wildman–Crippen MR) is 67.4 cm³/mol. The number of aliphatic imine (C=N–C) groups is 1. The quantitative estimate of drug-likeness (QED) is 0.478. The van der Waals surface area contributed by atoms with Gasteiger partial charge >= 0.3 is 0 Å². The Hall–Kier alpha value is -2.44. The lowest BCUT2D eigenvalue weighted by molar-refractivity contribution is -0.384. The van der Waals surface area contributed by atoms with Crippen LogP contribution in [0.1, 0.15) is 18.5 Å². The van der Waals surface area contributed by atoms with Gasteiger partial charge in [0.15, 0.2) is 0 Å². The molecule has 1 aliphatic heterocycles. The Bertz CT molecular complexity index is 527. The highest BCUT2D eigenvalue weighted by Gasteiger charge is 2.23. The monoisotopic (exact) mass is 248 g/mol. The van der Waals surface area contributed by atoms with Gasteiger partial charge in [0.25, 0.3) is 5.69 Å². The third-order valence-electron chi connectivity index (χ3n) is 2.64. The standard InChI is InChI=1S/C11H12N4O3/c1-2-12-9-4-8-7(3-11(9)15(17)18)10(5-16)14-6-13-8/h3-6,10,12H,2H2,1H3,(H,13,14). The number of hydrogen-bond acceptors (Lipinski definition) is 6. The van der Waals surface area contributed by atoms with E-state index in [4.69, 9.17) is 0 Å². The largest absolute Gasteiger partial charge is 0.380 e. The van der Waals surface area contributed by atoms with Gasteiger partial charge in [-0.25, -0.2) is 4.99 Å². The Balaban J connectivity index is 2.57. The summed E-state index contributed by atoms with van der Waals surface area (Å²) < 4.78 is 0. The van der Waals surface area contributed by atoms with Gasteiger partial charge in [0.1, 0.15) is 18.0 Å². The van der Waals surface area contributed by atoms with Gasteiger partial charge in [0.2, 0.25) is 0 Å². The molecular formula is C11H12N4O3. The first kappa shape index (κ1) is 12.0. The molecule has 1 atom stereocenters. The Morgan fingerprint density at radius 2 is 2.39 bits per heavy atom. The first-order valence-electron chi connectivity index (χ1n) is 5.47. The van der Waals surface area contributed by atoms with Crippen LogP contribution in [0.4, 0.5) is 17.1 Å². The summed E-state index contributed by atoms with van der Waals surface area (Å²) in [6.07, 6.45) is 2.11. The number of nitro benzene ring substituents is 1. The van der Waals surface area contributed by atoms with Crippen LogP contribution < -0.4 is 10.6 Å². The number of fused-ring (bicyclic) bond motifs is 1. The smallest absolute Gasteiger partial charge is 0.292 e. The van der Waals surface area contributed by atoms with Gasteiger partial charge in [-0.05, 0) is 13.0 Å². The van der Waals surface area contributed by atoms with Gasteiger partial charge in [-0.1, -0.05) is 0 Å². The molecule has 0 saturated heterocycles. The van der Waals surface area contributed by atoms with E-state index in [-0.39, 0.29) is 5.69 Å². The van der Waals surface area contributed by atoms with E-state index in [0.29, 0.717) is 29.8 Å². The highest BCUT2D eigenvalue weighted by Crippen LogP contribution is 2.36. The van der Waals surface area contributed by atoms with Crippen LogP contribution in [0.5, 0.6) is 0 Å². The van der Waals surface area contributed by atoms with E-state index in [1.165, 1.54) is 12.4 Å². The maximum atomic E-state index is 11.0. The molecule has 0 aliphatic carbocycles. The van der Waals surface area contributed by atoms with Crippen LogP contribution in [0.3, 0.4) is 0 Å². The van der Waals surface area contributed by atoms with Crippen molar-refractivity contribution in [1.29, 1.82) is 0 Å². The minimum Gasteiger partial charge on any atom is -0.380 e. The zero-order valence-electron chi connectivity index (χ0n) is 9.71. The first-order chi connectivity index (χ1) is 8.67. The molecule has 7 heteroatoms. The average molecular weight is 248 g/mol. The normalized spacial score (nSPS) is 16.6. The Morgan fingerprint density at radius 3 is 3.00 bits per heavy atom. The van der Waals surface area contributed by atoms with Crippen LogP contribution >= 0.6 is 0 Å². The van der Waals surface area contributed by atoms with Gasteiger partial charge < -0.3 is 15.4 Å². The number of anilines is 1. The number of carbonyl (C=O) groups excluding carboxylic acids is 1. The summed E-state index contributed by atoms with van der Waals surface area (Å²) in [4.78, 5) is 25.5. The third-order valence-corrected chi connectivity index (χ3v) is 2.64. The highest BCUT2D eigenvalue weighted by molar-refractivity contribution is 5.81. The molecule has 1 aromatic rings. The molecule has 1 unspecified atom stereocenters. The molecule has 94 valence electrons. The summed E-state index contributed by atoms with van der Waals surface area (Å²) in [6, 6.07) is 2.38. The molecule has 0 spiro atoms. The lowest BCUT2D eigenvalue weighted by atomic mass is 10.0. The Labute approximate surface area is 103 Å². The minimum absolute atomic E-state index is 0.0543. The van der Waals surface area contributed by atoms with E-state index < -0.39 is 11.0 Å². The Kier molecular flexibility index (Phi) is 3.22. The fraction of sp³-hybridized carbons (Fsp3) is 0.273. The highest BCUT2D eigenvalue weighted by atomic mass is 16.6. The number of rotatable bonds is 4. The SMILES string of the molecule is CCNc1cc2c(cc1[N+](=O)[O-])C(C=O)NC=N2. The molecule has 2 N–H and O–H groups in total. The lowest BCUT2D eigenvalue weighted by Crippen LogP contribution is -2.24. The molecule has 1 aromatic carbocycles. The molecule has 2 rings (SSSR count). The van der Waals surface area contributed by atoms with E-state index >= 15 is 0 Å². The van der Waals surface area contributed by atoms with Gasteiger partial charge in [0, 0.05) is 18.2 Å². The molecule has 18 heavy (non-hydrogen) atoms. The predicted octanol–water partition coefficient (Wildman–Crippen LogP) is 1.53. The number of carbonyl (C=O) groups is 1. The average Bonchev–Trinajstić information content (AvgIpc) is 2.37. The van der Waals surface area contributed by atoms with Crippen molar-refractivity contribution in [3.8, 4) is 0 Å². The third kappa shape index (κ3) is 2.02. The zero-order valence-corrected chi connectivity index (χ0v) is 9.71. The molecular weight excluding hydrogens is 236 g/mol. The second-order valence-corrected chi connectivity index (χ2v) is 3.75. The lowest BCUT2D eigenvalue weighted by Gasteiger charge is -2.18. The Morgan fingerprint density at radius 1 is 1.61 bits per heavy atom. The fourth-order valence-corrected chi connectivity index (χ4v) is 1.83. The van der Waals surface area contributed by atoms with E-state index in [1.54, 1.807) is 6.07 Å². The first-order valence-corrected chi connectivity index (χ1v) is 5.47. The maximum Gasteiger partial charge on any atom is 0.292 e. The molecule has 0 aromatic heterocycles. The van der Waals surface area contributed by atoms with Gasteiger partial charge in [0.05, 0.1) is 16.9 Å². The number of aldehydes is 1. The van der Waals surface area contributed by atoms with Crippen molar-refractivity contribution in [2.24, 2.45) is 4.99 Å². The number of benzene rings is 1. The number of nitrogens with zero attached hydrogens (tertiary/aromatic N) is 2. The van der Waals surface area contributed by atoms with Crippen LogP contribution in [0, 0.1) is 10.1 Å². The second-order valence-electron chi connectivity index (χ2n) is 3.75. The van der Waals surface area contributed by atoms with E-state index in [9.17, 15) is 14.9 Å². The number of nitro groups is 1. The summed E-state index contributed by atoms with van der Waals surface area (Å²) in [5, 5.41) is 16.7. The molecule has 1 heterocycles. The van der Waals surface area contributed by atoms with Crippen LogP contribution in [0.2, 0.25) is 0 Å². The number of hydrogen-bond donors (Lipinski definition) is 2. The topological polar surface area (TPSA) is 96.6 Å². The minimum atomic E-state index is -0.591. The van der Waals surface area contributed by atoms with Gasteiger partial charge in [-0.15, -0.1) is 0 Å². The van der Waals surface area contributed by atoms with E-state index in [1.807, 2.05) is 6.92 Å². The van der Waals surface area contributed by atoms with Crippen molar-refractivity contribution in [3.05, 3.63) is 27.8 Å². The van der Waals surface area contributed by atoms with Crippen molar-refractivity contribution in [3.63, 3.8) is 0 Å². The summed E-state index contributed by atoms with van der Waals surface area (Å²) in [5.41, 5.74) is 1.43. The molecule has 0 amide bonds. The summed E-state index contributed by atoms with van der Waals surface area (Å²) >= 11 is 0. The molecule has 0 radical (unpaired) electrons. The zero-order chi connectivity index (χ0) is 13.1. The summed E-state index contributed by atoms with van der Waals surface area (Å²) in [7, 11) is 0. The maximum absolute atomic E-state index is 11.0. The van der Waals surface area contributed by atoms with Crippen LogP contribution in [0.15, 0.2) is 17.1 Å². The van der Waals surface area contributed by atoms with Crippen molar-refractivity contribution >= 4 is 29.7 Å². The second kappa shape index (κ2) is 4.82. The van der Waals surface area contributed by atoms with Crippen molar-refractivity contribution < 1.29 is 9.72 Å². The van der Waals surface area contributed by atoms with Crippen molar-refractivity contribution in [2.45, 2.75) is 13.0 Å². The van der Waals surface area contributed by atoms with Crippen molar-refractivity contribution in [2.75, 3.05) is 11.9 Å². The molecule has 7 nitrogen and oxygen atoms in total. The number of nitrogens with one attached hydrogen (secondary N) is 2. The van der Waals surface area contributed by atoms with E-state index in [0.717, 1.165) is 0 Å².